The summed E-state index contributed by atoms with van der Waals surface area (Å²) in [6.45, 7) is 0. The van der Waals surface area contributed by atoms with E-state index in [1.165, 1.54) is 16.7 Å². The number of nitriles is 1. The van der Waals surface area contributed by atoms with Gasteiger partial charge in [0.05, 0.1) is 6.07 Å². The van der Waals surface area contributed by atoms with E-state index in [1.54, 1.807) is 0 Å². The summed E-state index contributed by atoms with van der Waals surface area (Å²) < 4.78 is 0. The predicted molar refractivity (Wildman–Crippen MR) is 76.7 cm³/mol. The summed E-state index contributed by atoms with van der Waals surface area (Å²) >= 11 is 0. The van der Waals surface area contributed by atoms with Crippen molar-refractivity contribution >= 4 is 0 Å². The first kappa shape index (κ1) is 12.0. The molecule has 0 amide bonds. The molecule has 0 saturated heterocycles. The summed E-state index contributed by atoms with van der Waals surface area (Å²) in [4.78, 5) is 0. The highest BCUT2D eigenvalue weighted by Gasteiger charge is 2.36. The Bertz CT molecular complexity index is 582. The van der Waals surface area contributed by atoms with Gasteiger partial charge < -0.3 is 0 Å². The van der Waals surface area contributed by atoms with E-state index in [4.69, 9.17) is 0 Å². The Morgan fingerprint density at radius 2 is 1.47 bits per heavy atom. The molecule has 94 valence electrons. The molecule has 0 unspecified atom stereocenters. The van der Waals surface area contributed by atoms with Crippen molar-refractivity contribution in [1.82, 2.24) is 0 Å². The molecular weight excluding hydrogens is 230 g/mol. The van der Waals surface area contributed by atoms with E-state index < -0.39 is 0 Å². The number of nitrogens with zero attached hydrogens (tertiary/aromatic N) is 1. The number of fused-ring (bicyclic) bond motifs is 1. The third kappa shape index (κ3) is 2.39. The van der Waals surface area contributed by atoms with E-state index in [-0.39, 0.29) is 5.41 Å². The van der Waals surface area contributed by atoms with E-state index in [0.717, 1.165) is 19.3 Å². The largest absolute Gasteiger partial charge is 0.198 e. The van der Waals surface area contributed by atoms with Crippen molar-refractivity contribution in [1.29, 1.82) is 5.26 Å². The molecule has 2 aromatic carbocycles. The zero-order chi connectivity index (χ0) is 13.1. The summed E-state index contributed by atoms with van der Waals surface area (Å²) in [5.74, 6) is 0. The maximum atomic E-state index is 9.20. The Morgan fingerprint density at radius 1 is 0.895 bits per heavy atom. The normalized spacial score (nSPS) is 15.7. The molecular formula is C18H17N. The maximum Gasteiger partial charge on any atom is 0.0627 e. The van der Waals surface area contributed by atoms with E-state index in [1.807, 2.05) is 6.07 Å². The lowest BCUT2D eigenvalue weighted by molar-refractivity contribution is 0.310. The summed E-state index contributed by atoms with van der Waals surface area (Å²) in [6, 6.07) is 21.6. The Labute approximate surface area is 114 Å². The van der Waals surface area contributed by atoms with Crippen molar-refractivity contribution in [3.05, 3.63) is 71.3 Å². The fraction of sp³-hybridized carbons (Fsp3) is 0.278. The molecule has 0 N–H and O–H groups in total. The second-order valence-corrected chi connectivity index (χ2v) is 5.62. The summed E-state index contributed by atoms with van der Waals surface area (Å²) in [5.41, 5.74) is 4.28. The van der Waals surface area contributed by atoms with Gasteiger partial charge in [-0.05, 0) is 41.4 Å². The smallest absolute Gasteiger partial charge is 0.0627 e. The average Bonchev–Trinajstić information content (AvgIpc) is 2.78. The lowest BCUT2D eigenvalue weighted by Crippen LogP contribution is -2.24. The van der Waals surface area contributed by atoms with Crippen molar-refractivity contribution in [2.75, 3.05) is 0 Å². The van der Waals surface area contributed by atoms with Gasteiger partial charge in [-0.1, -0.05) is 54.6 Å². The van der Waals surface area contributed by atoms with Gasteiger partial charge in [-0.3, -0.25) is 0 Å². The monoisotopic (exact) mass is 247 g/mol. The molecule has 1 aliphatic carbocycles. The van der Waals surface area contributed by atoms with Crippen LogP contribution in [0.1, 0.15) is 23.1 Å². The minimum atomic E-state index is 0.0970. The summed E-state index contributed by atoms with van der Waals surface area (Å²) in [5, 5.41) is 9.20. The average molecular weight is 247 g/mol. The number of benzene rings is 2. The SMILES string of the molecule is N#CCC1(Cc2ccccc2)Cc2ccccc2C1. The molecule has 0 heterocycles. The second-order valence-electron chi connectivity index (χ2n) is 5.62. The topological polar surface area (TPSA) is 23.8 Å². The van der Waals surface area contributed by atoms with Crippen molar-refractivity contribution in [2.24, 2.45) is 5.41 Å². The molecule has 0 radical (unpaired) electrons. The van der Waals surface area contributed by atoms with Crippen LogP contribution in [0.15, 0.2) is 54.6 Å². The van der Waals surface area contributed by atoms with Crippen molar-refractivity contribution in [2.45, 2.75) is 25.7 Å². The standard InChI is InChI=1S/C18H17N/c19-11-10-18(12-15-6-2-1-3-7-15)13-16-8-4-5-9-17(16)14-18/h1-9H,10,12-14H2. The Kier molecular flexibility index (Phi) is 3.09. The molecule has 0 saturated carbocycles. The predicted octanol–water partition coefficient (Wildman–Crippen LogP) is 3.93. The van der Waals surface area contributed by atoms with Gasteiger partial charge in [0.2, 0.25) is 0 Å². The first-order chi connectivity index (χ1) is 9.31. The van der Waals surface area contributed by atoms with Gasteiger partial charge in [0.15, 0.2) is 0 Å². The van der Waals surface area contributed by atoms with E-state index >= 15 is 0 Å². The molecule has 3 rings (SSSR count). The molecule has 0 atom stereocenters. The molecule has 0 fully saturated rings. The van der Waals surface area contributed by atoms with E-state index in [0.29, 0.717) is 6.42 Å². The van der Waals surface area contributed by atoms with Crippen molar-refractivity contribution < 1.29 is 0 Å². The zero-order valence-corrected chi connectivity index (χ0v) is 11.0. The Hall–Kier alpha value is -2.07. The Morgan fingerprint density at radius 3 is 2.05 bits per heavy atom. The van der Waals surface area contributed by atoms with Gasteiger partial charge >= 0.3 is 0 Å². The first-order valence-corrected chi connectivity index (χ1v) is 6.79. The van der Waals surface area contributed by atoms with Gasteiger partial charge in [0.25, 0.3) is 0 Å². The minimum Gasteiger partial charge on any atom is -0.198 e. The highest BCUT2D eigenvalue weighted by Crippen LogP contribution is 2.42. The zero-order valence-electron chi connectivity index (χ0n) is 11.0. The third-order valence-corrected chi connectivity index (χ3v) is 4.13. The molecule has 1 heteroatoms. The Balaban J connectivity index is 1.89. The van der Waals surface area contributed by atoms with Crippen LogP contribution in [0.25, 0.3) is 0 Å². The van der Waals surface area contributed by atoms with Crippen LogP contribution in [0.5, 0.6) is 0 Å². The fourth-order valence-electron chi connectivity index (χ4n) is 3.28. The van der Waals surface area contributed by atoms with E-state index in [2.05, 4.69) is 54.6 Å². The van der Waals surface area contributed by atoms with Crippen LogP contribution in [0.3, 0.4) is 0 Å². The number of hydrogen-bond donors (Lipinski definition) is 0. The minimum absolute atomic E-state index is 0.0970. The molecule has 19 heavy (non-hydrogen) atoms. The first-order valence-electron chi connectivity index (χ1n) is 6.79. The van der Waals surface area contributed by atoms with Crippen LogP contribution in [-0.4, -0.2) is 0 Å². The van der Waals surface area contributed by atoms with Crippen molar-refractivity contribution in [3.8, 4) is 6.07 Å². The maximum absolute atomic E-state index is 9.20. The van der Waals surface area contributed by atoms with Crippen LogP contribution in [0.4, 0.5) is 0 Å². The molecule has 2 aromatic rings. The molecule has 1 aliphatic rings. The summed E-state index contributed by atoms with van der Waals surface area (Å²) in [6.07, 6.45) is 3.70. The molecule has 0 aliphatic heterocycles. The second kappa shape index (κ2) is 4.90. The highest BCUT2D eigenvalue weighted by molar-refractivity contribution is 5.36. The fourth-order valence-corrected chi connectivity index (χ4v) is 3.28. The van der Waals surface area contributed by atoms with Crippen molar-refractivity contribution in [3.63, 3.8) is 0 Å². The van der Waals surface area contributed by atoms with Crippen LogP contribution in [-0.2, 0) is 19.3 Å². The molecule has 0 aromatic heterocycles. The van der Waals surface area contributed by atoms with Gasteiger partial charge in [-0.2, -0.15) is 5.26 Å². The van der Waals surface area contributed by atoms with Crippen LogP contribution in [0, 0.1) is 16.7 Å². The van der Waals surface area contributed by atoms with Gasteiger partial charge in [-0.25, -0.2) is 0 Å². The lowest BCUT2D eigenvalue weighted by atomic mass is 9.76. The quantitative estimate of drug-likeness (QED) is 0.806. The van der Waals surface area contributed by atoms with Crippen LogP contribution >= 0.6 is 0 Å². The number of rotatable bonds is 3. The van der Waals surface area contributed by atoms with E-state index in [9.17, 15) is 5.26 Å². The van der Waals surface area contributed by atoms with Gasteiger partial charge in [-0.15, -0.1) is 0 Å². The molecule has 1 nitrogen and oxygen atoms in total. The van der Waals surface area contributed by atoms with Gasteiger partial charge in [0.1, 0.15) is 0 Å². The van der Waals surface area contributed by atoms with Crippen LogP contribution < -0.4 is 0 Å². The summed E-state index contributed by atoms with van der Waals surface area (Å²) in [7, 11) is 0. The van der Waals surface area contributed by atoms with Crippen LogP contribution in [0.2, 0.25) is 0 Å². The number of hydrogen-bond acceptors (Lipinski definition) is 1. The van der Waals surface area contributed by atoms with Gasteiger partial charge in [0, 0.05) is 6.42 Å². The third-order valence-electron chi connectivity index (χ3n) is 4.13. The highest BCUT2D eigenvalue weighted by atomic mass is 14.4. The molecule has 0 bridgehead atoms. The molecule has 0 spiro atoms. The lowest BCUT2D eigenvalue weighted by Gasteiger charge is -2.26.